The van der Waals surface area contributed by atoms with Crippen molar-refractivity contribution in [2.45, 2.75) is 32.5 Å². The fraction of sp³-hybridized carbons (Fsp3) is 0.333. The van der Waals surface area contributed by atoms with Crippen molar-refractivity contribution in [3.8, 4) is 0 Å². The molecule has 2 rings (SSSR count). The fourth-order valence-electron chi connectivity index (χ4n) is 2.65. The zero-order valence-electron chi connectivity index (χ0n) is 17.1. The SMILES string of the molecule is CC(C)CN/C(=N/C(=O)c1ccc(Cl)c(F)c1)NC(N)CC(N)c1cc(F)cc(F)c1. The van der Waals surface area contributed by atoms with Gasteiger partial charge in [-0.3, -0.25) is 4.79 Å². The highest BCUT2D eigenvalue weighted by molar-refractivity contribution is 6.30. The van der Waals surface area contributed by atoms with Crippen LogP contribution in [-0.4, -0.2) is 24.6 Å². The second-order valence-corrected chi connectivity index (χ2v) is 7.87. The standard InChI is InChI=1S/C21H25ClF3N5O/c1-11(2)10-28-21(30-20(31)12-3-4-16(22)17(25)7-12)29-19(27)9-18(26)13-5-14(23)8-15(24)6-13/h3-8,11,18-19H,9-10,26-27H2,1-2H3,(H2,28,29,30,31). The second kappa shape index (κ2) is 11.1. The van der Waals surface area contributed by atoms with Gasteiger partial charge in [-0.25, -0.2) is 13.2 Å². The normalized spacial score (nSPS) is 13.8. The molecule has 1 amide bonds. The molecule has 2 unspecified atom stereocenters. The van der Waals surface area contributed by atoms with E-state index in [0.29, 0.717) is 6.54 Å². The largest absolute Gasteiger partial charge is 0.356 e. The number of rotatable bonds is 7. The lowest BCUT2D eigenvalue weighted by Crippen LogP contribution is -2.49. The third-order valence-electron chi connectivity index (χ3n) is 4.20. The van der Waals surface area contributed by atoms with Gasteiger partial charge in [-0.1, -0.05) is 25.4 Å². The van der Waals surface area contributed by atoms with E-state index < -0.39 is 35.6 Å². The molecule has 6 N–H and O–H groups in total. The Kier molecular flexibility index (Phi) is 8.85. The second-order valence-electron chi connectivity index (χ2n) is 7.47. The highest BCUT2D eigenvalue weighted by Gasteiger charge is 2.16. The van der Waals surface area contributed by atoms with Gasteiger partial charge in [0.05, 0.1) is 11.2 Å². The molecule has 31 heavy (non-hydrogen) atoms. The predicted molar refractivity (Wildman–Crippen MR) is 115 cm³/mol. The number of benzene rings is 2. The predicted octanol–water partition coefficient (Wildman–Crippen LogP) is 3.46. The zero-order chi connectivity index (χ0) is 23.1. The van der Waals surface area contributed by atoms with E-state index in [2.05, 4.69) is 15.6 Å². The van der Waals surface area contributed by atoms with Crippen molar-refractivity contribution in [1.29, 1.82) is 0 Å². The molecule has 0 saturated heterocycles. The van der Waals surface area contributed by atoms with Gasteiger partial charge in [0.25, 0.3) is 5.91 Å². The molecule has 10 heteroatoms. The molecular formula is C21H25ClF3N5O. The Hall–Kier alpha value is -2.62. The van der Waals surface area contributed by atoms with E-state index >= 15 is 0 Å². The van der Waals surface area contributed by atoms with Crippen molar-refractivity contribution in [3.63, 3.8) is 0 Å². The fourth-order valence-corrected chi connectivity index (χ4v) is 2.77. The number of halogens is 4. The lowest BCUT2D eigenvalue weighted by Gasteiger charge is -2.22. The van der Waals surface area contributed by atoms with Gasteiger partial charge in [-0.2, -0.15) is 4.99 Å². The number of hydrogen-bond acceptors (Lipinski definition) is 3. The number of amides is 1. The van der Waals surface area contributed by atoms with Crippen molar-refractivity contribution in [3.05, 3.63) is 70.0 Å². The first-order valence-electron chi connectivity index (χ1n) is 9.60. The minimum atomic E-state index is -0.797. The van der Waals surface area contributed by atoms with Gasteiger partial charge in [0, 0.05) is 24.2 Å². The van der Waals surface area contributed by atoms with Gasteiger partial charge in [0.1, 0.15) is 17.5 Å². The van der Waals surface area contributed by atoms with Crippen LogP contribution < -0.4 is 22.1 Å². The summed E-state index contributed by atoms with van der Waals surface area (Å²) in [5.41, 5.74) is 12.3. The Bertz CT molecular complexity index is 934. The molecule has 2 aromatic rings. The van der Waals surface area contributed by atoms with Crippen LogP contribution in [0.3, 0.4) is 0 Å². The van der Waals surface area contributed by atoms with E-state index in [9.17, 15) is 18.0 Å². The topological polar surface area (TPSA) is 106 Å². The molecule has 2 atom stereocenters. The van der Waals surface area contributed by atoms with Crippen LogP contribution in [0.15, 0.2) is 41.4 Å². The van der Waals surface area contributed by atoms with Gasteiger partial charge in [-0.15, -0.1) is 0 Å². The third kappa shape index (κ3) is 7.86. The zero-order valence-corrected chi connectivity index (χ0v) is 17.9. The van der Waals surface area contributed by atoms with E-state index in [4.69, 9.17) is 23.1 Å². The van der Waals surface area contributed by atoms with Gasteiger partial charge in [0.2, 0.25) is 5.96 Å². The van der Waals surface area contributed by atoms with E-state index in [0.717, 1.165) is 24.3 Å². The summed E-state index contributed by atoms with van der Waals surface area (Å²) >= 11 is 5.64. The molecule has 6 nitrogen and oxygen atoms in total. The molecular weight excluding hydrogens is 431 g/mol. The lowest BCUT2D eigenvalue weighted by atomic mass is 10.0. The van der Waals surface area contributed by atoms with Crippen LogP contribution in [0.2, 0.25) is 5.02 Å². The molecule has 0 aliphatic heterocycles. The number of carbonyl (C=O) groups excluding carboxylic acids is 1. The van der Waals surface area contributed by atoms with Gasteiger partial charge in [0.15, 0.2) is 0 Å². The van der Waals surface area contributed by atoms with E-state index in [1.165, 1.54) is 12.1 Å². The monoisotopic (exact) mass is 455 g/mol. The Morgan fingerprint density at radius 1 is 1.10 bits per heavy atom. The average molecular weight is 456 g/mol. The third-order valence-corrected chi connectivity index (χ3v) is 4.51. The number of nitrogens with one attached hydrogen (secondary N) is 2. The summed E-state index contributed by atoms with van der Waals surface area (Å²) in [6, 6.07) is 5.85. The van der Waals surface area contributed by atoms with Crippen molar-refractivity contribution in [1.82, 2.24) is 10.6 Å². The highest BCUT2D eigenvalue weighted by atomic mass is 35.5. The van der Waals surface area contributed by atoms with Crippen molar-refractivity contribution >= 4 is 23.5 Å². The maximum Gasteiger partial charge on any atom is 0.280 e. The first-order chi connectivity index (χ1) is 14.5. The molecule has 0 bridgehead atoms. The quantitative estimate of drug-likeness (QED) is 0.291. The molecule has 2 aromatic carbocycles. The molecule has 0 radical (unpaired) electrons. The van der Waals surface area contributed by atoms with Crippen LogP contribution in [0.1, 0.15) is 42.2 Å². The average Bonchev–Trinajstić information content (AvgIpc) is 2.67. The van der Waals surface area contributed by atoms with Crippen molar-refractivity contribution in [2.75, 3.05) is 6.54 Å². The van der Waals surface area contributed by atoms with Crippen LogP contribution in [0.4, 0.5) is 13.2 Å². The maximum absolute atomic E-state index is 13.7. The first kappa shape index (κ1) is 24.6. The van der Waals surface area contributed by atoms with Gasteiger partial charge < -0.3 is 22.1 Å². The Morgan fingerprint density at radius 2 is 1.74 bits per heavy atom. The Labute approximate surface area is 183 Å². The molecule has 0 saturated carbocycles. The first-order valence-corrected chi connectivity index (χ1v) is 9.98. The van der Waals surface area contributed by atoms with Crippen LogP contribution in [0.5, 0.6) is 0 Å². The number of nitrogens with zero attached hydrogens (tertiary/aromatic N) is 1. The molecule has 0 aromatic heterocycles. The van der Waals surface area contributed by atoms with E-state index in [1.54, 1.807) is 0 Å². The molecule has 0 fully saturated rings. The van der Waals surface area contributed by atoms with Gasteiger partial charge in [-0.05, 0) is 48.2 Å². The minimum Gasteiger partial charge on any atom is -0.356 e. The van der Waals surface area contributed by atoms with Crippen LogP contribution in [0, 0.1) is 23.4 Å². The number of nitrogens with two attached hydrogens (primary N) is 2. The maximum atomic E-state index is 13.7. The number of guanidine groups is 1. The summed E-state index contributed by atoms with van der Waals surface area (Å²) in [6.45, 7) is 4.38. The lowest BCUT2D eigenvalue weighted by molar-refractivity contribution is 0.100. The summed E-state index contributed by atoms with van der Waals surface area (Å²) in [5.74, 6) is -2.64. The number of hydrogen-bond donors (Lipinski definition) is 4. The van der Waals surface area contributed by atoms with Crippen LogP contribution >= 0.6 is 11.6 Å². The smallest absolute Gasteiger partial charge is 0.280 e. The Morgan fingerprint density at radius 3 is 2.32 bits per heavy atom. The summed E-state index contributed by atoms with van der Waals surface area (Å²) < 4.78 is 40.5. The Balaban J connectivity index is 2.13. The highest BCUT2D eigenvalue weighted by Crippen LogP contribution is 2.18. The number of aliphatic imine (C=N–C) groups is 1. The summed E-state index contributed by atoms with van der Waals surface area (Å²) in [4.78, 5) is 16.4. The molecule has 0 spiro atoms. The molecule has 168 valence electrons. The molecule has 0 aliphatic carbocycles. The van der Waals surface area contributed by atoms with E-state index in [-0.39, 0.29) is 34.4 Å². The number of carbonyl (C=O) groups is 1. The minimum absolute atomic E-state index is 0.00746. The van der Waals surface area contributed by atoms with Crippen molar-refractivity contribution < 1.29 is 18.0 Å². The molecule has 0 aliphatic rings. The van der Waals surface area contributed by atoms with Crippen LogP contribution in [-0.2, 0) is 0 Å². The molecule has 0 heterocycles. The summed E-state index contributed by atoms with van der Waals surface area (Å²) in [5, 5.41) is 5.69. The van der Waals surface area contributed by atoms with Crippen molar-refractivity contribution in [2.24, 2.45) is 22.4 Å². The summed E-state index contributed by atoms with van der Waals surface area (Å²) in [7, 11) is 0. The summed E-state index contributed by atoms with van der Waals surface area (Å²) in [6.07, 6.45) is -0.704. The van der Waals surface area contributed by atoms with E-state index in [1.807, 2.05) is 13.8 Å². The van der Waals surface area contributed by atoms with Crippen LogP contribution in [0.25, 0.3) is 0 Å². The van der Waals surface area contributed by atoms with Gasteiger partial charge >= 0.3 is 0 Å².